The van der Waals surface area contributed by atoms with Gasteiger partial charge in [0.05, 0.1) is 11.6 Å². The lowest BCUT2D eigenvalue weighted by Crippen LogP contribution is -2.09. The number of aromatic nitrogens is 2. The Morgan fingerprint density at radius 2 is 2.10 bits per heavy atom. The van der Waals surface area contributed by atoms with Crippen LogP contribution in [0, 0.1) is 12.8 Å². The quantitative estimate of drug-likeness (QED) is 0.796. The van der Waals surface area contributed by atoms with Crippen LogP contribution in [0.1, 0.15) is 29.4 Å². The zero-order valence-electron chi connectivity index (χ0n) is 11.6. The molecule has 2 atom stereocenters. The number of aryl methyl sites for hydroxylation is 1. The van der Waals surface area contributed by atoms with Crippen LogP contribution in [0.25, 0.3) is 0 Å². The molecular weight excluding hydrogens is 332 g/mol. The average molecular weight is 347 g/mol. The number of esters is 1. The van der Waals surface area contributed by atoms with Gasteiger partial charge in [-0.05, 0) is 43.0 Å². The second kappa shape index (κ2) is 5.93. The molecule has 21 heavy (non-hydrogen) atoms. The minimum Gasteiger partial charge on any atom is -0.459 e. The molecule has 1 aromatic carbocycles. The minimum atomic E-state index is -0.140. The van der Waals surface area contributed by atoms with Gasteiger partial charge in [-0.15, -0.1) is 0 Å². The van der Waals surface area contributed by atoms with Crippen LogP contribution in [-0.2, 0) is 16.1 Å². The lowest BCUT2D eigenvalue weighted by atomic mass is 10.1. The van der Waals surface area contributed by atoms with Crippen LogP contribution in [0.2, 0.25) is 0 Å². The van der Waals surface area contributed by atoms with Crippen molar-refractivity contribution in [2.45, 2.75) is 25.9 Å². The first kappa shape index (κ1) is 14.2. The molecule has 0 spiro atoms. The maximum atomic E-state index is 12.0. The van der Waals surface area contributed by atoms with Gasteiger partial charge in [0.25, 0.3) is 0 Å². The Kier molecular flexibility index (Phi) is 4.01. The molecule has 0 N–H and O–H groups in total. The number of ether oxygens (including phenoxy) is 1. The number of carbonyl (C=O) groups excluding carboxylic acids is 1. The Morgan fingerprint density at radius 1 is 1.33 bits per heavy atom. The summed E-state index contributed by atoms with van der Waals surface area (Å²) in [6.45, 7) is 2.03. The van der Waals surface area contributed by atoms with Gasteiger partial charge in [0.1, 0.15) is 12.4 Å². The van der Waals surface area contributed by atoms with E-state index >= 15 is 0 Å². The molecule has 0 amide bonds. The van der Waals surface area contributed by atoms with E-state index in [0.29, 0.717) is 5.82 Å². The van der Waals surface area contributed by atoms with Gasteiger partial charge in [0.15, 0.2) is 0 Å². The highest BCUT2D eigenvalue weighted by Crippen LogP contribution is 2.48. The number of nitrogens with zero attached hydrogens (tertiary/aromatic N) is 2. The lowest BCUT2D eigenvalue weighted by Gasteiger charge is -2.05. The molecule has 5 heteroatoms. The number of halogens is 1. The molecule has 2 aromatic rings. The van der Waals surface area contributed by atoms with Gasteiger partial charge >= 0.3 is 5.97 Å². The first-order valence-electron chi connectivity index (χ1n) is 6.84. The number of benzene rings is 1. The third-order valence-corrected chi connectivity index (χ3v) is 4.12. The molecule has 3 rings (SSSR count). The molecule has 1 fully saturated rings. The molecule has 1 aliphatic carbocycles. The van der Waals surface area contributed by atoms with Crippen molar-refractivity contribution < 1.29 is 9.53 Å². The van der Waals surface area contributed by atoms with E-state index < -0.39 is 0 Å². The predicted molar refractivity (Wildman–Crippen MR) is 81.6 cm³/mol. The number of hydrogen-bond acceptors (Lipinski definition) is 4. The summed E-state index contributed by atoms with van der Waals surface area (Å²) in [6.07, 6.45) is 2.54. The Morgan fingerprint density at radius 3 is 2.81 bits per heavy atom. The van der Waals surface area contributed by atoms with Crippen molar-refractivity contribution in [3.8, 4) is 0 Å². The van der Waals surface area contributed by atoms with E-state index in [1.165, 1.54) is 5.56 Å². The summed E-state index contributed by atoms with van der Waals surface area (Å²) in [5, 5.41) is 0. The molecule has 0 bridgehead atoms. The van der Waals surface area contributed by atoms with Gasteiger partial charge in [0.2, 0.25) is 0 Å². The van der Waals surface area contributed by atoms with Gasteiger partial charge in [-0.2, -0.15) is 0 Å². The standard InChI is InChI=1S/C16H15BrN2O2/c1-10-18-7-6-13(19-10)9-21-16(20)15-8-14(15)11-2-4-12(17)5-3-11/h2-7,14-15H,8-9H2,1H3/t14-,15+/m0/s1. The summed E-state index contributed by atoms with van der Waals surface area (Å²) in [4.78, 5) is 20.3. The third-order valence-electron chi connectivity index (χ3n) is 3.59. The Bertz CT molecular complexity index is 658. The largest absolute Gasteiger partial charge is 0.459 e. The zero-order valence-corrected chi connectivity index (χ0v) is 13.2. The van der Waals surface area contributed by atoms with Gasteiger partial charge in [-0.3, -0.25) is 4.79 Å². The molecule has 0 aliphatic heterocycles. The summed E-state index contributed by atoms with van der Waals surface area (Å²) in [5.41, 5.74) is 1.93. The smallest absolute Gasteiger partial charge is 0.309 e. The average Bonchev–Trinajstić information content (AvgIpc) is 3.26. The lowest BCUT2D eigenvalue weighted by molar-refractivity contribution is -0.146. The van der Waals surface area contributed by atoms with Crippen LogP contribution >= 0.6 is 15.9 Å². The molecule has 1 heterocycles. The van der Waals surface area contributed by atoms with Crippen molar-refractivity contribution in [3.63, 3.8) is 0 Å². The maximum absolute atomic E-state index is 12.0. The summed E-state index contributed by atoms with van der Waals surface area (Å²) in [5.74, 6) is 0.814. The van der Waals surface area contributed by atoms with Crippen LogP contribution in [0.4, 0.5) is 0 Å². The van der Waals surface area contributed by atoms with Crippen LogP contribution in [0.3, 0.4) is 0 Å². The van der Waals surface area contributed by atoms with E-state index in [4.69, 9.17) is 4.74 Å². The van der Waals surface area contributed by atoms with Crippen LogP contribution in [0.5, 0.6) is 0 Å². The first-order valence-corrected chi connectivity index (χ1v) is 7.63. The second-order valence-corrected chi connectivity index (χ2v) is 6.12. The van der Waals surface area contributed by atoms with Crippen molar-refractivity contribution in [3.05, 3.63) is 58.1 Å². The van der Waals surface area contributed by atoms with Crippen molar-refractivity contribution in [2.75, 3.05) is 0 Å². The fraction of sp³-hybridized carbons (Fsp3) is 0.312. The van der Waals surface area contributed by atoms with Gasteiger partial charge < -0.3 is 4.74 Å². The van der Waals surface area contributed by atoms with E-state index in [0.717, 1.165) is 16.6 Å². The van der Waals surface area contributed by atoms with Crippen molar-refractivity contribution >= 4 is 21.9 Å². The summed E-state index contributed by atoms with van der Waals surface area (Å²) < 4.78 is 6.39. The van der Waals surface area contributed by atoms with Crippen molar-refractivity contribution in [1.29, 1.82) is 0 Å². The Hall–Kier alpha value is -1.75. The third kappa shape index (κ3) is 3.47. The fourth-order valence-corrected chi connectivity index (χ4v) is 2.64. The van der Waals surface area contributed by atoms with Crippen LogP contribution in [0.15, 0.2) is 41.0 Å². The van der Waals surface area contributed by atoms with Crippen molar-refractivity contribution in [2.24, 2.45) is 5.92 Å². The molecule has 1 aromatic heterocycles. The summed E-state index contributed by atoms with van der Waals surface area (Å²) >= 11 is 3.41. The molecular formula is C16H15BrN2O2. The highest BCUT2D eigenvalue weighted by Gasteiger charge is 2.45. The normalized spacial score (nSPS) is 20.1. The van der Waals surface area contributed by atoms with Gasteiger partial charge in [0, 0.05) is 10.7 Å². The zero-order chi connectivity index (χ0) is 14.8. The highest BCUT2D eigenvalue weighted by atomic mass is 79.9. The van der Waals surface area contributed by atoms with E-state index in [1.807, 2.05) is 19.1 Å². The van der Waals surface area contributed by atoms with Crippen molar-refractivity contribution in [1.82, 2.24) is 9.97 Å². The van der Waals surface area contributed by atoms with Crippen LogP contribution < -0.4 is 0 Å². The molecule has 4 nitrogen and oxygen atoms in total. The van der Waals surface area contributed by atoms with Gasteiger partial charge in [-0.1, -0.05) is 28.1 Å². The second-order valence-electron chi connectivity index (χ2n) is 5.20. The first-order chi connectivity index (χ1) is 10.1. The van der Waals surface area contributed by atoms with Gasteiger partial charge in [-0.25, -0.2) is 9.97 Å². The summed E-state index contributed by atoms with van der Waals surface area (Å²) in [7, 11) is 0. The molecule has 0 saturated heterocycles. The van der Waals surface area contributed by atoms with E-state index in [9.17, 15) is 4.79 Å². The Balaban J connectivity index is 1.54. The number of hydrogen-bond donors (Lipinski definition) is 0. The minimum absolute atomic E-state index is 0.0193. The molecule has 0 radical (unpaired) electrons. The monoisotopic (exact) mass is 346 g/mol. The number of carbonyl (C=O) groups is 1. The van der Waals surface area contributed by atoms with E-state index in [-0.39, 0.29) is 24.4 Å². The molecule has 0 unspecified atom stereocenters. The highest BCUT2D eigenvalue weighted by molar-refractivity contribution is 9.10. The topological polar surface area (TPSA) is 52.1 Å². The number of rotatable bonds is 4. The fourth-order valence-electron chi connectivity index (χ4n) is 2.37. The molecule has 108 valence electrons. The molecule has 1 saturated carbocycles. The van der Waals surface area contributed by atoms with Crippen LogP contribution in [-0.4, -0.2) is 15.9 Å². The van der Waals surface area contributed by atoms with E-state index in [2.05, 4.69) is 38.0 Å². The SMILES string of the molecule is Cc1nccc(COC(=O)[C@@H]2C[C@H]2c2ccc(Br)cc2)n1. The predicted octanol–water partition coefficient (Wildman–Crippen LogP) is 3.39. The molecule has 1 aliphatic rings. The Labute approximate surface area is 131 Å². The summed E-state index contributed by atoms with van der Waals surface area (Å²) in [6, 6.07) is 9.87. The van der Waals surface area contributed by atoms with E-state index in [1.54, 1.807) is 12.3 Å². The maximum Gasteiger partial charge on any atom is 0.309 e.